The lowest BCUT2D eigenvalue weighted by molar-refractivity contribution is -0.135. The first-order valence-electron chi connectivity index (χ1n) is 11.9. The number of likely N-dealkylation sites (N-methyl/N-ethyl adjacent to an activating group) is 1. The molecule has 34 heavy (non-hydrogen) atoms. The first-order chi connectivity index (χ1) is 16.0. The van der Waals surface area contributed by atoms with Crippen LogP contribution in [0.3, 0.4) is 0 Å². The van der Waals surface area contributed by atoms with Crippen molar-refractivity contribution < 1.29 is 27.8 Å². The average molecular weight is 498 g/mol. The van der Waals surface area contributed by atoms with Crippen LogP contribution in [0.15, 0.2) is 23.1 Å². The SMILES string of the molecule is COCCC(=O)N1CCC2(CC1)COc1cc(C(C)C)ccc1S(=O)(=O)NCC(O)CN(C)C2. The Balaban J connectivity index is 1.89. The van der Waals surface area contributed by atoms with Crippen LogP contribution in [0.1, 0.15) is 44.6 Å². The van der Waals surface area contributed by atoms with Gasteiger partial charge in [0.25, 0.3) is 0 Å². The number of rotatable bonds is 4. The molecule has 2 heterocycles. The predicted octanol–water partition coefficient (Wildman–Crippen LogP) is 1.42. The maximum atomic E-state index is 13.0. The molecule has 3 rings (SSSR count). The van der Waals surface area contributed by atoms with Gasteiger partial charge >= 0.3 is 0 Å². The molecule has 1 spiro atoms. The Morgan fingerprint density at radius 3 is 2.68 bits per heavy atom. The molecule has 1 unspecified atom stereocenters. The van der Waals surface area contributed by atoms with Crippen LogP contribution in [0.4, 0.5) is 0 Å². The summed E-state index contributed by atoms with van der Waals surface area (Å²) in [5.41, 5.74) is 0.722. The molecular formula is C24H39N3O6S. The lowest BCUT2D eigenvalue weighted by Crippen LogP contribution is -2.51. The first kappa shape index (κ1) is 26.9. The summed E-state index contributed by atoms with van der Waals surface area (Å²) in [6, 6.07) is 5.20. The molecule has 1 amide bonds. The van der Waals surface area contributed by atoms with E-state index in [0.29, 0.717) is 51.6 Å². The van der Waals surface area contributed by atoms with Gasteiger partial charge in [-0.1, -0.05) is 19.9 Å². The quantitative estimate of drug-likeness (QED) is 0.648. The second-order valence-corrected chi connectivity index (χ2v) is 11.7. The van der Waals surface area contributed by atoms with Crippen LogP contribution in [-0.4, -0.2) is 95.4 Å². The second-order valence-electron chi connectivity index (χ2n) is 9.98. The standard InChI is InChI=1S/C24H39N3O6S/c1-18(2)19-5-6-22-21(13-19)33-17-24(8-10-27(11-9-24)23(29)7-12-32-4)16-26(3)15-20(28)14-25-34(22,30)31/h5-6,13,18,20,25,28H,7-12,14-17H2,1-4H3. The lowest BCUT2D eigenvalue weighted by atomic mass is 9.78. The highest BCUT2D eigenvalue weighted by molar-refractivity contribution is 7.89. The largest absolute Gasteiger partial charge is 0.492 e. The van der Waals surface area contributed by atoms with Crippen molar-refractivity contribution >= 4 is 15.9 Å². The van der Waals surface area contributed by atoms with Gasteiger partial charge in [0.15, 0.2) is 0 Å². The number of ether oxygens (including phenoxy) is 2. The highest BCUT2D eigenvalue weighted by atomic mass is 32.2. The van der Waals surface area contributed by atoms with E-state index >= 15 is 0 Å². The normalized spacial score (nSPS) is 23.6. The number of carbonyl (C=O) groups is 1. The number of aliphatic hydroxyl groups is 1. The Morgan fingerprint density at radius 2 is 2.03 bits per heavy atom. The van der Waals surface area contributed by atoms with Gasteiger partial charge in [0.2, 0.25) is 15.9 Å². The van der Waals surface area contributed by atoms with Crippen LogP contribution in [0.2, 0.25) is 0 Å². The first-order valence-corrected chi connectivity index (χ1v) is 13.4. The fourth-order valence-corrected chi connectivity index (χ4v) is 5.92. The number of hydrogen-bond acceptors (Lipinski definition) is 7. The maximum absolute atomic E-state index is 13.0. The van der Waals surface area contributed by atoms with Crippen molar-refractivity contribution in [3.8, 4) is 5.75 Å². The van der Waals surface area contributed by atoms with Gasteiger partial charge in [-0.2, -0.15) is 0 Å². The molecule has 1 atom stereocenters. The van der Waals surface area contributed by atoms with Crippen molar-refractivity contribution in [1.29, 1.82) is 0 Å². The third kappa shape index (κ3) is 6.69. The molecule has 1 aromatic rings. The van der Waals surface area contributed by atoms with Crippen LogP contribution in [-0.2, 0) is 19.6 Å². The third-order valence-electron chi connectivity index (χ3n) is 6.79. The number of nitrogens with zero attached hydrogens (tertiary/aromatic N) is 2. The van der Waals surface area contributed by atoms with E-state index in [-0.39, 0.29) is 28.7 Å². The molecule has 1 saturated heterocycles. The third-order valence-corrected chi connectivity index (χ3v) is 8.25. The number of aliphatic hydroxyl groups excluding tert-OH is 1. The molecule has 0 aliphatic carbocycles. The molecule has 0 saturated carbocycles. The van der Waals surface area contributed by atoms with Crippen LogP contribution in [0.25, 0.3) is 0 Å². The van der Waals surface area contributed by atoms with Crippen molar-refractivity contribution in [1.82, 2.24) is 14.5 Å². The van der Waals surface area contributed by atoms with Gasteiger partial charge in [-0.3, -0.25) is 4.79 Å². The molecule has 9 nitrogen and oxygen atoms in total. The van der Waals surface area contributed by atoms with Crippen molar-refractivity contribution in [3.05, 3.63) is 23.8 Å². The summed E-state index contributed by atoms with van der Waals surface area (Å²) in [6.07, 6.45) is 0.987. The Morgan fingerprint density at radius 1 is 1.32 bits per heavy atom. The Labute approximate surface area is 203 Å². The van der Waals surface area contributed by atoms with Gasteiger partial charge in [-0.05, 0) is 43.5 Å². The summed E-state index contributed by atoms with van der Waals surface area (Å²) in [6.45, 7) is 6.99. The van der Waals surface area contributed by atoms with E-state index in [2.05, 4.69) is 4.72 Å². The molecule has 0 bridgehead atoms. The number of β-amino-alcohol motifs (C(OH)–C–C–N with tert-alkyl or cyclic N) is 1. The fraction of sp³-hybridized carbons (Fsp3) is 0.708. The predicted molar refractivity (Wildman–Crippen MR) is 129 cm³/mol. The molecule has 2 aliphatic heterocycles. The van der Waals surface area contributed by atoms with Crippen LogP contribution in [0, 0.1) is 5.41 Å². The maximum Gasteiger partial charge on any atom is 0.244 e. The van der Waals surface area contributed by atoms with E-state index in [9.17, 15) is 18.3 Å². The van der Waals surface area contributed by atoms with Crippen LogP contribution in [0.5, 0.6) is 5.75 Å². The van der Waals surface area contributed by atoms with Gasteiger partial charge in [0.1, 0.15) is 10.6 Å². The summed E-state index contributed by atoms with van der Waals surface area (Å²) in [5.74, 6) is 0.627. The van der Waals surface area contributed by atoms with Crippen molar-refractivity contribution in [3.63, 3.8) is 0 Å². The zero-order valence-corrected chi connectivity index (χ0v) is 21.6. The molecule has 2 N–H and O–H groups in total. The van der Waals surface area contributed by atoms with Crippen molar-refractivity contribution in [2.24, 2.45) is 5.41 Å². The zero-order chi connectivity index (χ0) is 24.9. The summed E-state index contributed by atoms with van der Waals surface area (Å²) in [4.78, 5) is 16.5. The fourth-order valence-electron chi connectivity index (χ4n) is 4.72. The number of methoxy groups -OCH3 is 1. The van der Waals surface area contributed by atoms with Gasteiger partial charge in [-0.15, -0.1) is 0 Å². The number of fused-ring (bicyclic) bond motifs is 1. The summed E-state index contributed by atoms with van der Waals surface area (Å²) >= 11 is 0. The summed E-state index contributed by atoms with van der Waals surface area (Å²) in [5, 5.41) is 10.5. The van der Waals surface area contributed by atoms with Gasteiger partial charge < -0.3 is 24.4 Å². The van der Waals surface area contributed by atoms with E-state index in [1.165, 1.54) is 0 Å². The number of sulfonamides is 1. The number of carbonyl (C=O) groups excluding carboxylic acids is 1. The van der Waals surface area contributed by atoms with E-state index in [4.69, 9.17) is 9.47 Å². The molecule has 2 aliphatic rings. The Kier molecular flexibility index (Phi) is 8.97. The Hall–Kier alpha value is -1.72. The summed E-state index contributed by atoms with van der Waals surface area (Å²) in [7, 11) is -0.342. The van der Waals surface area contributed by atoms with Crippen molar-refractivity contribution in [2.75, 3.05) is 60.1 Å². The van der Waals surface area contributed by atoms with Crippen molar-refractivity contribution in [2.45, 2.75) is 50.0 Å². The summed E-state index contributed by atoms with van der Waals surface area (Å²) < 4.78 is 39.9. The van der Waals surface area contributed by atoms with E-state index in [0.717, 1.165) is 18.4 Å². The number of piperidine rings is 1. The molecule has 0 aromatic heterocycles. The van der Waals surface area contributed by atoms with Gasteiger partial charge in [0, 0.05) is 45.2 Å². The highest BCUT2D eigenvalue weighted by Crippen LogP contribution is 2.36. The van der Waals surface area contributed by atoms with E-state index in [1.54, 1.807) is 13.2 Å². The highest BCUT2D eigenvalue weighted by Gasteiger charge is 2.39. The minimum atomic E-state index is -3.85. The number of amides is 1. The topological polar surface area (TPSA) is 108 Å². The molecule has 10 heteroatoms. The average Bonchev–Trinajstić information content (AvgIpc) is 2.79. The molecule has 1 aromatic carbocycles. The number of nitrogens with one attached hydrogen (secondary N) is 1. The van der Waals surface area contributed by atoms with E-state index < -0.39 is 16.1 Å². The molecule has 0 radical (unpaired) electrons. The molecule has 192 valence electrons. The minimum Gasteiger partial charge on any atom is -0.492 e. The minimum absolute atomic E-state index is 0.0766. The monoisotopic (exact) mass is 497 g/mol. The number of benzene rings is 1. The zero-order valence-electron chi connectivity index (χ0n) is 20.7. The number of hydrogen-bond donors (Lipinski definition) is 2. The van der Waals surface area contributed by atoms with Gasteiger partial charge in [0.05, 0.1) is 25.7 Å². The Bertz CT molecular complexity index is 944. The van der Waals surface area contributed by atoms with Crippen LogP contribution >= 0.6 is 0 Å². The number of likely N-dealkylation sites (tertiary alicyclic amines) is 1. The van der Waals surface area contributed by atoms with Crippen LogP contribution < -0.4 is 9.46 Å². The molecule has 1 fully saturated rings. The molecular weight excluding hydrogens is 458 g/mol. The van der Waals surface area contributed by atoms with E-state index in [1.807, 2.05) is 42.8 Å². The lowest BCUT2D eigenvalue weighted by Gasteiger charge is -2.44. The smallest absolute Gasteiger partial charge is 0.244 e. The van der Waals surface area contributed by atoms with Gasteiger partial charge in [-0.25, -0.2) is 13.1 Å². The second kappa shape index (κ2) is 11.3.